The lowest BCUT2D eigenvalue weighted by molar-refractivity contribution is 0.0397. The van der Waals surface area contributed by atoms with Gasteiger partial charge in [0.05, 0.1) is 6.54 Å². The number of piperidine rings is 4. The van der Waals surface area contributed by atoms with Crippen molar-refractivity contribution >= 4 is 0 Å². The predicted octanol–water partition coefficient (Wildman–Crippen LogP) is 18.3. The molecule has 0 N–H and O–H groups in total. The molecule has 16 rings (SSSR count). The molecule has 848 valence electrons. The highest BCUT2D eigenvalue weighted by molar-refractivity contribution is 5.16. The Balaban J connectivity index is 0.000000174. The quantitative estimate of drug-likeness (QED) is 0.109. The maximum atomic E-state index is 3.32. The highest BCUT2D eigenvalue weighted by atomic mass is 15.5. The van der Waals surface area contributed by atoms with Gasteiger partial charge in [-0.15, -0.1) is 0 Å². The van der Waals surface area contributed by atoms with Crippen molar-refractivity contribution in [3.63, 3.8) is 0 Å². The van der Waals surface area contributed by atoms with E-state index in [1.165, 1.54) is 339 Å². The molecule has 0 amide bonds. The summed E-state index contributed by atoms with van der Waals surface area (Å²) in [6.45, 7) is 152. The fourth-order valence-corrected chi connectivity index (χ4v) is 26.2. The predicted molar refractivity (Wildman–Crippen MR) is 628 cm³/mol. The van der Waals surface area contributed by atoms with Gasteiger partial charge in [0.1, 0.15) is 0 Å². The Morgan fingerprint density at radius 3 is 0.559 bits per heavy atom. The third kappa shape index (κ3) is 40.3. The van der Waals surface area contributed by atoms with Crippen LogP contribution in [0.4, 0.5) is 0 Å². The Morgan fingerprint density at radius 1 is 0.186 bits per heavy atom. The maximum absolute atomic E-state index is 3.32. The average Bonchev–Trinajstić information content (AvgIpc) is 1.58. The third-order valence-electron chi connectivity index (χ3n) is 37.5. The Bertz CT molecular complexity index is 3420. The number of hydrogen-bond acceptors (Lipinski definition) is 21. The number of hydrogen-bond donors (Lipinski definition) is 0. The van der Waals surface area contributed by atoms with Crippen molar-refractivity contribution in [3.05, 3.63) is 0 Å². The largest absolute Gasteiger partial charge is 0.300 e. The van der Waals surface area contributed by atoms with Crippen molar-refractivity contribution in [2.75, 3.05) is 288 Å². The molecular weight excluding hydrogens is 1780 g/mol. The highest BCUT2D eigenvalue weighted by Gasteiger charge is 2.59. The van der Waals surface area contributed by atoms with E-state index in [0.29, 0.717) is 72.0 Å². The third-order valence-corrected chi connectivity index (χ3v) is 37.5. The van der Waals surface area contributed by atoms with Crippen LogP contribution in [0.3, 0.4) is 0 Å². The van der Waals surface area contributed by atoms with Crippen molar-refractivity contribution < 1.29 is 0 Å². The molecule has 21 nitrogen and oxygen atoms in total. The number of piperazine rings is 7. The van der Waals surface area contributed by atoms with E-state index >= 15 is 0 Å². The van der Waals surface area contributed by atoms with Gasteiger partial charge in [-0.1, -0.05) is 11.8 Å². The van der Waals surface area contributed by atoms with Gasteiger partial charge in [-0.25, -0.2) is 0 Å². The van der Waals surface area contributed by atoms with E-state index in [0.717, 1.165) is 78.3 Å². The zero-order valence-electron chi connectivity index (χ0n) is 105. The van der Waals surface area contributed by atoms with Gasteiger partial charge < -0.3 is 9.80 Å². The SMILES string of the molecule is CC(C)(C)N1CCC(CN2C3CN(C(C)(C)C)CC32)CC1.CC(C)(C)N1CCC(CN2[C@@H]3CN(C(C)(C)C)C[C@@H]32)CC1.CC(C)(C)N1CCC(CN2[C@@H]3CN(C(C)(C)C)C[C@@H]32)CC1.CC(C)(C)N1CCN(CCN2CCN(C(C)(C)C)CC2)CC1.CC(C)(C)N1CCN(C[C@@H]2CCN(C(C)(C)C)C2)CC1.CC(C)(C)N1CCN(C[C@H]2CCN(C(C)(C)C)C2)CC1.CN(CC#CC(C)(C)C)CC1CCN(C(C)(C)C)CC1. The van der Waals surface area contributed by atoms with Crippen LogP contribution in [0.25, 0.3) is 0 Å². The molecule has 0 aromatic rings. The summed E-state index contributed by atoms with van der Waals surface area (Å²) in [5, 5.41) is 0. The van der Waals surface area contributed by atoms with Crippen molar-refractivity contribution in [3.8, 4) is 11.8 Å². The van der Waals surface area contributed by atoms with E-state index in [1.54, 1.807) is 0 Å². The summed E-state index contributed by atoms with van der Waals surface area (Å²) in [6, 6.07) is 5.28. The van der Waals surface area contributed by atoms with Crippen LogP contribution >= 0.6 is 0 Å². The number of fused-ring (bicyclic) bond motifs is 3. The average molecular weight is 2030 g/mol. The Kier molecular flexibility index (Phi) is 44.3. The first kappa shape index (κ1) is 126. The smallest absolute Gasteiger partial charge is 0.0599 e. The van der Waals surface area contributed by atoms with Gasteiger partial charge in [0.2, 0.25) is 0 Å². The van der Waals surface area contributed by atoms with Crippen LogP contribution in [-0.4, -0.2) is 500 Å². The molecule has 21 heteroatoms. The maximum Gasteiger partial charge on any atom is 0.0599 e. The van der Waals surface area contributed by atoms with Crippen molar-refractivity contribution in [1.82, 2.24) is 103 Å². The van der Waals surface area contributed by atoms with Gasteiger partial charge in [-0.05, 0) is 463 Å². The van der Waals surface area contributed by atoms with E-state index in [9.17, 15) is 0 Å². The van der Waals surface area contributed by atoms with E-state index < -0.39 is 0 Å². The molecule has 4 unspecified atom stereocenters. The Labute approximate surface area is 902 Å². The molecule has 16 heterocycles. The molecule has 145 heavy (non-hydrogen) atoms. The van der Waals surface area contributed by atoms with Crippen LogP contribution < -0.4 is 0 Å². The minimum absolute atomic E-state index is 0.124. The van der Waals surface area contributed by atoms with E-state index in [1.807, 2.05) is 0 Å². The van der Waals surface area contributed by atoms with Crippen LogP contribution in [-0.2, 0) is 0 Å². The van der Waals surface area contributed by atoms with Gasteiger partial charge in [0.15, 0.2) is 0 Å². The summed E-state index contributed by atoms with van der Waals surface area (Å²) in [5.74, 6) is 12.1. The Morgan fingerprint density at radius 2 is 0.366 bits per heavy atom. The summed E-state index contributed by atoms with van der Waals surface area (Å²) in [5.41, 5.74) is 4.62. The number of rotatable bonds is 16. The van der Waals surface area contributed by atoms with Crippen molar-refractivity contribution in [1.29, 1.82) is 0 Å². The number of likely N-dealkylation sites (tertiary alicyclic amines) is 9. The van der Waals surface area contributed by atoms with Gasteiger partial charge in [-0.3, -0.25) is 93.1 Å². The standard InChI is InChI=1S/C18H38N4.3C18H35N3.C18H34N2.2C17H35N3/c1-17(2,3)21-13-9-19(10-14-21)7-8-20-11-15-22(16-12-20)18(4,5)6;3*1-17(2,3)19-9-7-14(8-10-19)11-21-15-12-20(13-16(15)21)18(4,5)6;1-17(2,3)11-8-12-19(7)15-16-9-13-20(14-10-16)18(4,5)6;2*1-16(2,3)19-11-9-18(10-12-19)13-15-7-8-20(14-15)17(4,5)6/h7-16H2,1-6H3;3*14-16H,7-13H2,1-6H3;16H,9-10,12-15H2,1-7H3;2*15H,7-14H2,1-6H3/t;2*15-,16+,21?;;;2*15-/m.....10/s1. The lowest BCUT2D eigenvalue weighted by Crippen LogP contribution is -2.56. The fraction of sp³-hybridized carbons (Fsp3) is 0.984. The van der Waals surface area contributed by atoms with Crippen LogP contribution in [0.15, 0.2) is 0 Å². The molecule has 16 fully saturated rings. The molecule has 0 spiro atoms. The molecule has 0 aromatic carbocycles. The molecule has 0 saturated carbocycles. The van der Waals surface area contributed by atoms with Gasteiger partial charge >= 0.3 is 0 Å². The summed E-state index contributed by atoms with van der Waals surface area (Å²) >= 11 is 0. The van der Waals surface area contributed by atoms with Crippen molar-refractivity contribution in [2.24, 2.45) is 40.9 Å². The van der Waals surface area contributed by atoms with Gasteiger partial charge in [0.25, 0.3) is 0 Å². The van der Waals surface area contributed by atoms with Crippen molar-refractivity contribution in [2.45, 2.75) is 463 Å². The second kappa shape index (κ2) is 51.2. The first-order chi connectivity index (χ1) is 66.5. The second-order valence-electron chi connectivity index (χ2n) is 63.3. The lowest BCUT2D eigenvalue weighted by atomic mass is 9.92. The summed E-state index contributed by atoms with van der Waals surface area (Å²) in [7, 11) is 2.20. The molecule has 16 aliphatic heterocycles. The Hall–Kier alpha value is -1.28. The molecule has 16 aliphatic rings. The summed E-state index contributed by atoms with van der Waals surface area (Å²) in [6.07, 6.45) is 13.8. The van der Waals surface area contributed by atoms with E-state index in [-0.39, 0.29) is 5.41 Å². The highest BCUT2D eigenvalue weighted by Crippen LogP contribution is 2.45. The first-order valence-electron chi connectivity index (χ1n) is 60.7. The molecule has 0 aliphatic carbocycles. The second-order valence-corrected chi connectivity index (χ2v) is 63.3. The molecule has 0 aromatic heterocycles. The lowest BCUT2D eigenvalue weighted by Gasteiger charge is -2.44. The summed E-state index contributed by atoms with van der Waals surface area (Å²) < 4.78 is 0. The minimum Gasteiger partial charge on any atom is -0.300 e. The molecular formula is C124H247N21. The fourth-order valence-electron chi connectivity index (χ4n) is 26.2. The van der Waals surface area contributed by atoms with Crippen LogP contribution in [0.5, 0.6) is 0 Å². The van der Waals surface area contributed by atoms with Crippen LogP contribution in [0.1, 0.15) is 355 Å². The monoisotopic (exact) mass is 2030 g/mol. The summed E-state index contributed by atoms with van der Waals surface area (Å²) in [4.78, 5) is 55.8. The molecule has 0 radical (unpaired) electrons. The first-order valence-corrected chi connectivity index (χ1v) is 60.7. The van der Waals surface area contributed by atoms with Crippen LogP contribution in [0.2, 0.25) is 0 Å². The topological polar surface area (TPSA) is 67.4 Å². The zero-order chi connectivity index (χ0) is 108. The van der Waals surface area contributed by atoms with Crippen LogP contribution in [0, 0.1) is 52.8 Å². The normalized spacial score (nSPS) is 29.8. The van der Waals surface area contributed by atoms with Gasteiger partial charge in [-0.2, -0.15) is 0 Å². The van der Waals surface area contributed by atoms with E-state index in [2.05, 4.69) is 413 Å². The van der Waals surface area contributed by atoms with Gasteiger partial charge in [0, 0.05) is 323 Å². The van der Waals surface area contributed by atoms with E-state index in [4.69, 9.17) is 0 Å². The number of nitrogens with zero attached hydrogens (tertiary/aromatic N) is 21. The molecule has 16 saturated heterocycles. The minimum atomic E-state index is 0.124. The molecule has 0 bridgehead atoms. The zero-order valence-corrected chi connectivity index (χ0v) is 105. The molecule has 10 atom stereocenters.